The number of hydrogen-bond acceptors (Lipinski definition) is 4. The number of benzene rings is 3. The molecule has 0 radical (unpaired) electrons. The minimum atomic E-state index is -0.444. The molecular formula is C21H21N3O3. The molecular weight excluding hydrogens is 342 g/mol. The highest BCUT2D eigenvalue weighted by Crippen LogP contribution is 2.20. The topological polar surface area (TPSA) is 70.7 Å². The molecule has 0 heterocycles. The Labute approximate surface area is 157 Å². The van der Waals surface area contributed by atoms with E-state index in [1.165, 1.54) is 0 Å². The molecule has 3 aromatic carbocycles. The number of rotatable bonds is 5. The molecule has 0 aliphatic carbocycles. The third-order valence-corrected chi connectivity index (χ3v) is 4.03. The smallest absolute Gasteiger partial charge is 0.276 e. The van der Waals surface area contributed by atoms with Crippen LogP contribution in [0.25, 0.3) is 10.8 Å². The molecule has 2 amide bonds. The summed E-state index contributed by atoms with van der Waals surface area (Å²) in [7, 11) is 3.78. The Morgan fingerprint density at radius 1 is 0.889 bits per heavy atom. The zero-order valence-corrected chi connectivity index (χ0v) is 15.2. The van der Waals surface area contributed by atoms with Crippen molar-refractivity contribution in [3.05, 3.63) is 72.3 Å². The average Bonchev–Trinajstić information content (AvgIpc) is 2.70. The van der Waals surface area contributed by atoms with Crippen molar-refractivity contribution in [1.82, 2.24) is 10.9 Å². The highest BCUT2D eigenvalue weighted by molar-refractivity contribution is 5.96. The predicted molar refractivity (Wildman–Crippen MR) is 106 cm³/mol. The summed E-state index contributed by atoms with van der Waals surface area (Å²) in [5.74, 6) is -0.244. The Kier molecular flexibility index (Phi) is 5.56. The second-order valence-corrected chi connectivity index (χ2v) is 6.24. The van der Waals surface area contributed by atoms with E-state index in [1.807, 2.05) is 61.5 Å². The van der Waals surface area contributed by atoms with E-state index in [4.69, 9.17) is 4.74 Å². The quantitative estimate of drug-likeness (QED) is 0.684. The first-order valence-electron chi connectivity index (χ1n) is 8.51. The van der Waals surface area contributed by atoms with E-state index in [9.17, 15) is 9.59 Å². The van der Waals surface area contributed by atoms with Gasteiger partial charge in [0.05, 0.1) is 0 Å². The van der Waals surface area contributed by atoms with Crippen molar-refractivity contribution in [2.24, 2.45) is 0 Å². The maximum absolute atomic E-state index is 12.2. The van der Waals surface area contributed by atoms with E-state index >= 15 is 0 Å². The summed E-state index contributed by atoms with van der Waals surface area (Å²) < 4.78 is 5.49. The minimum absolute atomic E-state index is 0.198. The van der Waals surface area contributed by atoms with E-state index in [2.05, 4.69) is 10.9 Å². The predicted octanol–water partition coefficient (Wildman–Crippen LogP) is 2.75. The fourth-order valence-electron chi connectivity index (χ4n) is 2.57. The third kappa shape index (κ3) is 4.76. The molecule has 2 N–H and O–H groups in total. The fraction of sp³-hybridized carbons (Fsp3) is 0.143. The van der Waals surface area contributed by atoms with Crippen LogP contribution in [0.1, 0.15) is 10.4 Å². The summed E-state index contributed by atoms with van der Waals surface area (Å²) in [6, 6.07) is 20.6. The lowest BCUT2D eigenvalue weighted by Gasteiger charge is -2.14. The van der Waals surface area contributed by atoms with Gasteiger partial charge in [0.15, 0.2) is 6.61 Å². The molecule has 138 valence electrons. The first kappa shape index (κ1) is 18.3. The molecule has 0 saturated heterocycles. The minimum Gasteiger partial charge on any atom is -0.484 e. The van der Waals surface area contributed by atoms with Crippen LogP contribution in [-0.4, -0.2) is 32.5 Å². The molecule has 3 rings (SSSR count). The number of nitrogens with one attached hydrogen (secondary N) is 2. The molecule has 27 heavy (non-hydrogen) atoms. The molecule has 0 spiro atoms. The van der Waals surface area contributed by atoms with Gasteiger partial charge in [0.1, 0.15) is 5.75 Å². The molecule has 6 nitrogen and oxygen atoms in total. The number of nitrogens with zero attached hydrogens (tertiary/aromatic N) is 1. The molecule has 0 atom stereocenters. The normalized spacial score (nSPS) is 10.3. The van der Waals surface area contributed by atoms with E-state index in [0.29, 0.717) is 11.3 Å². The van der Waals surface area contributed by atoms with Crippen molar-refractivity contribution in [3.8, 4) is 5.75 Å². The highest BCUT2D eigenvalue weighted by atomic mass is 16.5. The summed E-state index contributed by atoms with van der Waals surface area (Å²) in [4.78, 5) is 26.0. The van der Waals surface area contributed by atoms with E-state index < -0.39 is 11.8 Å². The van der Waals surface area contributed by atoms with Crippen LogP contribution in [-0.2, 0) is 4.79 Å². The van der Waals surface area contributed by atoms with Gasteiger partial charge >= 0.3 is 0 Å². The van der Waals surface area contributed by atoms with Crippen LogP contribution in [0, 0.1) is 0 Å². The summed E-state index contributed by atoms with van der Waals surface area (Å²) in [5.41, 5.74) is 6.11. The van der Waals surface area contributed by atoms with Crippen LogP contribution in [0.2, 0.25) is 0 Å². The SMILES string of the molecule is CN(C)c1cccc(C(=O)NNC(=O)COc2ccc3ccccc3c2)c1. The van der Waals surface area contributed by atoms with Gasteiger partial charge in [0, 0.05) is 25.3 Å². The van der Waals surface area contributed by atoms with Crippen molar-refractivity contribution in [2.45, 2.75) is 0 Å². The first-order valence-corrected chi connectivity index (χ1v) is 8.51. The summed E-state index contributed by atoms with van der Waals surface area (Å²) >= 11 is 0. The van der Waals surface area contributed by atoms with Gasteiger partial charge in [-0.05, 0) is 41.1 Å². The summed E-state index contributed by atoms with van der Waals surface area (Å²) in [5, 5.41) is 2.13. The zero-order valence-electron chi connectivity index (χ0n) is 15.2. The summed E-state index contributed by atoms with van der Waals surface area (Å²) in [6.07, 6.45) is 0. The molecule has 0 saturated carbocycles. The van der Waals surface area contributed by atoms with Crippen molar-refractivity contribution in [1.29, 1.82) is 0 Å². The van der Waals surface area contributed by atoms with Gasteiger partial charge in [-0.3, -0.25) is 20.4 Å². The number of hydrazine groups is 1. The number of amides is 2. The van der Waals surface area contributed by atoms with Crippen molar-refractivity contribution >= 4 is 28.3 Å². The molecule has 0 fully saturated rings. The Hall–Kier alpha value is -3.54. The fourth-order valence-corrected chi connectivity index (χ4v) is 2.57. The lowest BCUT2D eigenvalue weighted by Crippen LogP contribution is -2.43. The molecule has 3 aromatic rings. The third-order valence-electron chi connectivity index (χ3n) is 4.03. The lowest BCUT2D eigenvalue weighted by atomic mass is 10.1. The van der Waals surface area contributed by atoms with Gasteiger partial charge in [-0.25, -0.2) is 0 Å². The van der Waals surface area contributed by atoms with Gasteiger partial charge in [-0.2, -0.15) is 0 Å². The van der Waals surface area contributed by atoms with Crippen molar-refractivity contribution in [2.75, 3.05) is 25.6 Å². The van der Waals surface area contributed by atoms with Gasteiger partial charge < -0.3 is 9.64 Å². The number of fused-ring (bicyclic) bond motifs is 1. The van der Waals surface area contributed by atoms with Crippen LogP contribution in [0.4, 0.5) is 5.69 Å². The standard InChI is InChI=1S/C21H21N3O3/c1-24(2)18-9-5-8-17(12-18)21(26)23-22-20(25)14-27-19-11-10-15-6-3-4-7-16(15)13-19/h3-13H,14H2,1-2H3,(H,22,25)(H,23,26). The van der Waals surface area contributed by atoms with Crippen molar-refractivity contribution in [3.63, 3.8) is 0 Å². The largest absolute Gasteiger partial charge is 0.484 e. The number of carbonyl (C=O) groups is 2. The van der Waals surface area contributed by atoms with Crippen LogP contribution < -0.4 is 20.5 Å². The number of ether oxygens (including phenoxy) is 1. The maximum Gasteiger partial charge on any atom is 0.276 e. The number of hydrogen-bond donors (Lipinski definition) is 2. The van der Waals surface area contributed by atoms with E-state index in [0.717, 1.165) is 16.5 Å². The van der Waals surface area contributed by atoms with E-state index in [1.54, 1.807) is 24.3 Å². The molecule has 0 unspecified atom stereocenters. The van der Waals surface area contributed by atoms with Gasteiger partial charge in [-0.1, -0.05) is 36.4 Å². The molecule has 0 aliphatic rings. The average molecular weight is 363 g/mol. The highest BCUT2D eigenvalue weighted by Gasteiger charge is 2.09. The number of anilines is 1. The van der Waals surface area contributed by atoms with Crippen LogP contribution in [0.5, 0.6) is 5.75 Å². The van der Waals surface area contributed by atoms with Crippen molar-refractivity contribution < 1.29 is 14.3 Å². The first-order chi connectivity index (χ1) is 13.0. The van der Waals surface area contributed by atoms with Crippen LogP contribution in [0.3, 0.4) is 0 Å². The van der Waals surface area contributed by atoms with Gasteiger partial charge in [0.2, 0.25) is 0 Å². The second kappa shape index (κ2) is 8.23. The van der Waals surface area contributed by atoms with E-state index in [-0.39, 0.29) is 6.61 Å². The Morgan fingerprint density at radius 3 is 2.44 bits per heavy atom. The maximum atomic E-state index is 12.2. The van der Waals surface area contributed by atoms with Crippen LogP contribution >= 0.6 is 0 Å². The molecule has 0 aromatic heterocycles. The Bertz CT molecular complexity index is 970. The Morgan fingerprint density at radius 2 is 1.67 bits per heavy atom. The Balaban J connectivity index is 1.51. The number of carbonyl (C=O) groups excluding carboxylic acids is 2. The van der Waals surface area contributed by atoms with Gasteiger partial charge in [-0.15, -0.1) is 0 Å². The zero-order chi connectivity index (χ0) is 19.2. The summed E-state index contributed by atoms with van der Waals surface area (Å²) in [6.45, 7) is -0.198. The molecule has 0 bridgehead atoms. The monoisotopic (exact) mass is 363 g/mol. The van der Waals surface area contributed by atoms with Crippen LogP contribution in [0.15, 0.2) is 66.7 Å². The molecule has 0 aliphatic heterocycles. The lowest BCUT2D eigenvalue weighted by molar-refractivity contribution is -0.123. The van der Waals surface area contributed by atoms with Gasteiger partial charge in [0.25, 0.3) is 11.8 Å². The second-order valence-electron chi connectivity index (χ2n) is 6.24. The molecule has 6 heteroatoms.